The van der Waals surface area contributed by atoms with Crippen LogP contribution in [0.3, 0.4) is 0 Å². The molecule has 0 aliphatic carbocycles. The lowest BCUT2D eigenvalue weighted by Gasteiger charge is -1.98. The molecule has 0 amide bonds. The maximum atomic E-state index is 5.68. The molecule has 2 heterocycles. The van der Waals surface area contributed by atoms with Crippen LogP contribution < -0.4 is 5.32 Å². The Morgan fingerprint density at radius 3 is 3.19 bits per heavy atom. The summed E-state index contributed by atoms with van der Waals surface area (Å²) in [5, 5.41) is 5.33. The molecule has 3 nitrogen and oxygen atoms in total. The van der Waals surface area contributed by atoms with Gasteiger partial charge in [0.1, 0.15) is 0 Å². The zero-order chi connectivity index (χ0) is 11.2. The molecule has 0 aromatic carbocycles. The van der Waals surface area contributed by atoms with Gasteiger partial charge in [-0.05, 0) is 31.0 Å². The third kappa shape index (κ3) is 2.93. The molecule has 0 bridgehead atoms. The van der Waals surface area contributed by atoms with Crippen molar-refractivity contribution in [3.8, 4) is 10.6 Å². The Morgan fingerprint density at radius 1 is 1.50 bits per heavy atom. The Balaban J connectivity index is 1.88. The zero-order valence-electron chi connectivity index (χ0n) is 9.40. The summed E-state index contributed by atoms with van der Waals surface area (Å²) in [4.78, 5) is 5.43. The molecule has 0 unspecified atom stereocenters. The van der Waals surface area contributed by atoms with Crippen molar-refractivity contribution >= 4 is 11.3 Å². The molecule has 0 saturated heterocycles. The fourth-order valence-corrected chi connectivity index (χ4v) is 2.17. The van der Waals surface area contributed by atoms with E-state index in [2.05, 4.69) is 17.2 Å². The summed E-state index contributed by atoms with van der Waals surface area (Å²) in [6, 6.07) is 4.07. The Bertz CT molecular complexity index is 408. The molecular weight excluding hydrogens is 220 g/mol. The van der Waals surface area contributed by atoms with E-state index in [0.29, 0.717) is 0 Å². The lowest BCUT2D eigenvalue weighted by atomic mass is 10.3. The Morgan fingerprint density at radius 2 is 2.44 bits per heavy atom. The monoisotopic (exact) mass is 236 g/mol. The Labute approximate surface area is 99.5 Å². The van der Waals surface area contributed by atoms with Gasteiger partial charge in [-0.15, -0.1) is 11.3 Å². The molecular formula is C12H16N2OS. The maximum Gasteiger partial charge on any atom is 0.194 e. The summed E-state index contributed by atoms with van der Waals surface area (Å²) in [6.07, 6.45) is 3.78. The van der Waals surface area contributed by atoms with Crippen LogP contribution in [-0.2, 0) is 6.42 Å². The van der Waals surface area contributed by atoms with E-state index in [-0.39, 0.29) is 0 Å². The Hall–Kier alpha value is -1.13. The van der Waals surface area contributed by atoms with Gasteiger partial charge in [0.05, 0.1) is 11.1 Å². The second kappa shape index (κ2) is 5.82. The van der Waals surface area contributed by atoms with Crippen molar-refractivity contribution in [2.24, 2.45) is 0 Å². The van der Waals surface area contributed by atoms with Gasteiger partial charge in [0.2, 0.25) is 0 Å². The number of hydrogen-bond acceptors (Lipinski definition) is 4. The average molecular weight is 236 g/mol. The molecule has 0 aliphatic heterocycles. The largest absolute Gasteiger partial charge is 0.440 e. The van der Waals surface area contributed by atoms with E-state index in [4.69, 9.17) is 4.42 Å². The molecule has 86 valence electrons. The van der Waals surface area contributed by atoms with Crippen molar-refractivity contribution < 1.29 is 4.42 Å². The number of rotatable bonds is 6. The van der Waals surface area contributed by atoms with Crippen LogP contribution in [0.2, 0.25) is 0 Å². The highest BCUT2D eigenvalue weighted by molar-refractivity contribution is 7.13. The fourth-order valence-electron chi connectivity index (χ4n) is 1.50. The second-order valence-corrected chi connectivity index (χ2v) is 4.50. The molecule has 2 aromatic heterocycles. The van der Waals surface area contributed by atoms with Crippen LogP contribution >= 0.6 is 11.3 Å². The van der Waals surface area contributed by atoms with Crippen LogP contribution in [-0.4, -0.2) is 18.1 Å². The Kier molecular flexibility index (Phi) is 4.13. The van der Waals surface area contributed by atoms with Crippen molar-refractivity contribution in [1.29, 1.82) is 0 Å². The van der Waals surface area contributed by atoms with Crippen LogP contribution in [0.4, 0.5) is 0 Å². The number of nitrogens with one attached hydrogen (secondary N) is 1. The van der Waals surface area contributed by atoms with E-state index in [1.807, 2.05) is 23.7 Å². The molecule has 0 fully saturated rings. The highest BCUT2D eigenvalue weighted by Gasteiger charge is 2.06. The number of aryl methyl sites for hydroxylation is 1. The van der Waals surface area contributed by atoms with Gasteiger partial charge in [0.25, 0.3) is 0 Å². The van der Waals surface area contributed by atoms with Crippen LogP contribution in [0, 0.1) is 0 Å². The molecule has 0 saturated carbocycles. The lowest BCUT2D eigenvalue weighted by molar-refractivity contribution is 0.494. The van der Waals surface area contributed by atoms with Gasteiger partial charge in [-0.3, -0.25) is 0 Å². The van der Waals surface area contributed by atoms with Gasteiger partial charge in [-0.1, -0.05) is 13.0 Å². The molecule has 0 spiro atoms. The number of aromatic nitrogens is 1. The van der Waals surface area contributed by atoms with Crippen LogP contribution in [0.5, 0.6) is 0 Å². The summed E-state index contributed by atoms with van der Waals surface area (Å²) < 4.78 is 5.68. The summed E-state index contributed by atoms with van der Waals surface area (Å²) in [6.45, 7) is 4.15. The van der Waals surface area contributed by atoms with E-state index in [0.717, 1.165) is 42.5 Å². The summed E-state index contributed by atoms with van der Waals surface area (Å²) in [7, 11) is 0. The first-order chi connectivity index (χ1) is 7.90. The average Bonchev–Trinajstić information content (AvgIpc) is 2.94. The van der Waals surface area contributed by atoms with Gasteiger partial charge in [-0.2, -0.15) is 0 Å². The van der Waals surface area contributed by atoms with Crippen LogP contribution in [0.25, 0.3) is 10.6 Å². The molecule has 16 heavy (non-hydrogen) atoms. The van der Waals surface area contributed by atoms with E-state index in [1.165, 1.54) is 0 Å². The molecule has 0 atom stereocenters. The second-order valence-electron chi connectivity index (χ2n) is 3.55. The minimum absolute atomic E-state index is 0.835. The number of oxazole rings is 1. The SMILES string of the molecule is CCNCCCc1ncc(-c2cccs2)o1. The standard InChI is InChI=1S/C12H16N2OS/c1-2-13-7-3-6-12-14-9-10(15-12)11-5-4-8-16-11/h4-5,8-9,13H,2-3,6-7H2,1H3. The molecule has 2 rings (SSSR count). The summed E-state index contributed by atoms with van der Waals surface area (Å²) >= 11 is 1.68. The van der Waals surface area contributed by atoms with Crippen LogP contribution in [0.15, 0.2) is 28.1 Å². The van der Waals surface area contributed by atoms with Gasteiger partial charge in [-0.25, -0.2) is 4.98 Å². The summed E-state index contributed by atoms with van der Waals surface area (Å²) in [5.41, 5.74) is 0. The van der Waals surface area contributed by atoms with E-state index in [9.17, 15) is 0 Å². The topological polar surface area (TPSA) is 38.1 Å². The van der Waals surface area contributed by atoms with Gasteiger partial charge in [0, 0.05) is 6.42 Å². The number of thiophene rings is 1. The minimum atomic E-state index is 0.835. The molecule has 1 N–H and O–H groups in total. The van der Waals surface area contributed by atoms with Gasteiger partial charge in [0.15, 0.2) is 11.7 Å². The smallest absolute Gasteiger partial charge is 0.194 e. The van der Waals surface area contributed by atoms with Gasteiger partial charge >= 0.3 is 0 Å². The van der Waals surface area contributed by atoms with E-state index >= 15 is 0 Å². The van der Waals surface area contributed by atoms with Crippen molar-refractivity contribution in [3.05, 3.63) is 29.6 Å². The molecule has 0 radical (unpaired) electrons. The fraction of sp³-hybridized carbons (Fsp3) is 0.417. The first-order valence-electron chi connectivity index (χ1n) is 5.59. The summed E-state index contributed by atoms with van der Waals surface area (Å²) in [5.74, 6) is 1.72. The quantitative estimate of drug-likeness (QED) is 0.784. The predicted molar refractivity (Wildman–Crippen MR) is 66.7 cm³/mol. The van der Waals surface area contributed by atoms with Crippen molar-refractivity contribution in [3.63, 3.8) is 0 Å². The minimum Gasteiger partial charge on any atom is -0.440 e. The van der Waals surface area contributed by atoms with Crippen LogP contribution in [0.1, 0.15) is 19.2 Å². The highest BCUT2D eigenvalue weighted by atomic mass is 32.1. The third-order valence-electron chi connectivity index (χ3n) is 2.31. The third-order valence-corrected chi connectivity index (χ3v) is 3.20. The molecule has 4 heteroatoms. The predicted octanol–water partition coefficient (Wildman–Crippen LogP) is 2.95. The van der Waals surface area contributed by atoms with Gasteiger partial charge < -0.3 is 9.73 Å². The van der Waals surface area contributed by atoms with E-state index in [1.54, 1.807) is 11.3 Å². The van der Waals surface area contributed by atoms with Crippen molar-refractivity contribution in [2.75, 3.05) is 13.1 Å². The first kappa shape index (κ1) is 11.4. The number of hydrogen-bond donors (Lipinski definition) is 1. The molecule has 0 aliphatic rings. The maximum absolute atomic E-state index is 5.68. The van der Waals surface area contributed by atoms with Crippen molar-refractivity contribution in [2.45, 2.75) is 19.8 Å². The highest BCUT2D eigenvalue weighted by Crippen LogP contribution is 2.25. The lowest BCUT2D eigenvalue weighted by Crippen LogP contribution is -2.14. The molecule has 2 aromatic rings. The van der Waals surface area contributed by atoms with Crippen molar-refractivity contribution in [1.82, 2.24) is 10.3 Å². The normalized spacial score (nSPS) is 10.8. The zero-order valence-corrected chi connectivity index (χ0v) is 10.2. The van der Waals surface area contributed by atoms with E-state index < -0.39 is 0 Å². The number of nitrogens with zero attached hydrogens (tertiary/aromatic N) is 1. The first-order valence-corrected chi connectivity index (χ1v) is 6.47.